The number of hydrogen-bond acceptors (Lipinski definition) is 6. The number of nitrogens with two attached hydrogens (primary N) is 1. The molecule has 3 N–H and O–H groups in total. The van der Waals surface area contributed by atoms with Gasteiger partial charge < -0.3 is 30.0 Å². The van der Waals surface area contributed by atoms with Gasteiger partial charge in [0.05, 0.1) is 42.8 Å². The fraction of sp³-hybridized carbons (Fsp3) is 0.895. The van der Waals surface area contributed by atoms with Gasteiger partial charge in [0.2, 0.25) is 11.8 Å². The van der Waals surface area contributed by atoms with Crippen molar-refractivity contribution in [2.24, 2.45) is 5.73 Å². The molecule has 9 heteroatoms. The third-order valence-corrected chi connectivity index (χ3v) is 5.89. The van der Waals surface area contributed by atoms with Gasteiger partial charge in [0.15, 0.2) is 0 Å². The fourth-order valence-electron chi connectivity index (χ4n) is 3.27. The Balaban J connectivity index is 1.95. The zero-order chi connectivity index (χ0) is 20.9. The van der Waals surface area contributed by atoms with Crippen LogP contribution >= 0.6 is 0 Å². The van der Waals surface area contributed by atoms with E-state index in [4.69, 9.17) is 19.8 Å². The zero-order valence-electron chi connectivity index (χ0n) is 18.0. The van der Waals surface area contributed by atoms with Gasteiger partial charge in [-0.05, 0) is 34.1 Å². The Morgan fingerprint density at radius 1 is 1.14 bits per heavy atom. The first-order valence-electron chi connectivity index (χ1n) is 10.3. The molecule has 0 spiro atoms. The van der Waals surface area contributed by atoms with Gasteiger partial charge in [-0.25, -0.2) is 0 Å². The number of amides is 2. The number of hydrogen-bond donors (Lipinski definition) is 2. The third-order valence-electron chi connectivity index (χ3n) is 5.89. The van der Waals surface area contributed by atoms with Gasteiger partial charge in [-0.2, -0.15) is 0 Å². The minimum atomic E-state index is -0.901. The van der Waals surface area contributed by atoms with E-state index in [1.54, 1.807) is 4.90 Å². The molecule has 0 aromatic heterocycles. The summed E-state index contributed by atoms with van der Waals surface area (Å²) >= 11 is 0. The Kier molecular flexibility index (Phi) is 7.90. The Hall–Kier alpha value is -1.16. The average molecular weight is 397 g/mol. The molecule has 28 heavy (non-hydrogen) atoms. The van der Waals surface area contributed by atoms with Crippen molar-refractivity contribution in [2.75, 3.05) is 26.3 Å². The molecular formula is C19H36BN3O5. The number of morpholine rings is 1. The van der Waals surface area contributed by atoms with Crippen molar-refractivity contribution < 1.29 is 23.6 Å². The van der Waals surface area contributed by atoms with Crippen molar-refractivity contribution in [3.8, 4) is 0 Å². The predicted octanol–water partition coefficient (Wildman–Crippen LogP) is 0.869. The van der Waals surface area contributed by atoms with Gasteiger partial charge >= 0.3 is 7.12 Å². The van der Waals surface area contributed by atoms with Crippen LogP contribution in [-0.2, 0) is 23.6 Å². The molecule has 2 saturated heterocycles. The minimum Gasteiger partial charge on any atom is -0.402 e. The van der Waals surface area contributed by atoms with Crippen molar-refractivity contribution >= 4 is 18.9 Å². The minimum absolute atomic E-state index is 0.0182. The third kappa shape index (κ3) is 5.69. The van der Waals surface area contributed by atoms with Gasteiger partial charge in [0, 0.05) is 13.1 Å². The largest absolute Gasteiger partial charge is 0.481 e. The Morgan fingerprint density at radius 3 is 2.25 bits per heavy atom. The zero-order valence-corrected chi connectivity index (χ0v) is 18.0. The van der Waals surface area contributed by atoms with Crippen LogP contribution in [0.15, 0.2) is 0 Å². The number of unbranched alkanes of at least 4 members (excludes halogenated alkanes) is 1. The van der Waals surface area contributed by atoms with Crippen LogP contribution in [0.1, 0.15) is 60.3 Å². The highest BCUT2D eigenvalue weighted by molar-refractivity contribution is 6.48. The maximum absolute atomic E-state index is 12.7. The van der Waals surface area contributed by atoms with Crippen LogP contribution in [0.2, 0.25) is 0 Å². The van der Waals surface area contributed by atoms with Crippen LogP contribution in [0.5, 0.6) is 0 Å². The molecule has 0 radical (unpaired) electrons. The topological polar surface area (TPSA) is 103 Å². The lowest BCUT2D eigenvalue weighted by atomic mass is 9.75. The van der Waals surface area contributed by atoms with E-state index < -0.39 is 24.4 Å². The van der Waals surface area contributed by atoms with E-state index in [0.29, 0.717) is 26.3 Å². The number of nitrogens with zero attached hydrogens (tertiary/aromatic N) is 1. The van der Waals surface area contributed by atoms with Gasteiger partial charge in [0.25, 0.3) is 0 Å². The molecule has 2 aliphatic heterocycles. The van der Waals surface area contributed by atoms with E-state index in [9.17, 15) is 9.59 Å². The molecule has 2 heterocycles. The molecule has 2 atom stereocenters. The molecule has 2 rings (SSSR count). The lowest BCUT2D eigenvalue weighted by Crippen LogP contribution is -2.54. The number of carbonyl (C=O) groups excluding carboxylic acids is 2. The van der Waals surface area contributed by atoms with E-state index in [1.807, 2.05) is 27.7 Å². The monoisotopic (exact) mass is 397 g/mol. The Morgan fingerprint density at radius 2 is 1.71 bits per heavy atom. The lowest BCUT2D eigenvalue weighted by molar-refractivity contribution is -0.137. The molecular weight excluding hydrogens is 361 g/mol. The second-order valence-corrected chi connectivity index (χ2v) is 8.69. The number of nitrogens with one attached hydrogen (secondary N) is 1. The van der Waals surface area contributed by atoms with Crippen molar-refractivity contribution in [3.05, 3.63) is 0 Å². The first-order chi connectivity index (χ1) is 13.1. The second-order valence-electron chi connectivity index (χ2n) is 8.69. The van der Waals surface area contributed by atoms with E-state index in [1.165, 1.54) is 0 Å². The number of rotatable bonds is 8. The fourth-order valence-corrected chi connectivity index (χ4v) is 3.27. The van der Waals surface area contributed by atoms with Crippen molar-refractivity contribution in [2.45, 2.75) is 83.5 Å². The predicted molar refractivity (Wildman–Crippen MR) is 108 cm³/mol. The van der Waals surface area contributed by atoms with E-state index in [2.05, 4.69) is 12.2 Å². The SMILES string of the molecule is CCCCC(NC(=O)C(N)CC(=O)N1CCOCC1)B1OC(C)(C)C(C)(C)O1. The lowest BCUT2D eigenvalue weighted by Gasteiger charge is -2.32. The maximum Gasteiger partial charge on any atom is 0.481 e. The summed E-state index contributed by atoms with van der Waals surface area (Å²) in [7, 11) is -0.539. The van der Waals surface area contributed by atoms with Crippen LogP contribution < -0.4 is 11.1 Å². The van der Waals surface area contributed by atoms with E-state index >= 15 is 0 Å². The van der Waals surface area contributed by atoms with E-state index in [-0.39, 0.29) is 24.2 Å². The van der Waals surface area contributed by atoms with Gasteiger partial charge in [-0.1, -0.05) is 19.8 Å². The van der Waals surface area contributed by atoms with Gasteiger partial charge in [-0.3, -0.25) is 9.59 Å². The van der Waals surface area contributed by atoms with E-state index in [0.717, 1.165) is 19.3 Å². The Bertz CT molecular complexity index is 536. The molecule has 2 unspecified atom stereocenters. The molecule has 0 saturated carbocycles. The highest BCUT2D eigenvalue weighted by Gasteiger charge is 2.54. The smallest absolute Gasteiger partial charge is 0.402 e. The molecule has 0 bridgehead atoms. The van der Waals surface area contributed by atoms with Crippen LogP contribution in [-0.4, -0.2) is 73.3 Å². The summed E-state index contributed by atoms with van der Waals surface area (Å²) in [6.45, 7) is 12.2. The molecule has 8 nitrogen and oxygen atoms in total. The second kappa shape index (κ2) is 9.56. The average Bonchev–Trinajstić information content (AvgIpc) is 2.86. The summed E-state index contributed by atoms with van der Waals surface area (Å²) in [4.78, 5) is 26.7. The summed E-state index contributed by atoms with van der Waals surface area (Å²) in [6.07, 6.45) is 2.63. The summed E-state index contributed by atoms with van der Waals surface area (Å²) in [6, 6.07) is -0.901. The highest BCUT2D eigenvalue weighted by Crippen LogP contribution is 2.38. The molecule has 2 aliphatic rings. The normalized spacial score (nSPS) is 23.4. The van der Waals surface area contributed by atoms with Gasteiger partial charge in [-0.15, -0.1) is 0 Å². The van der Waals surface area contributed by atoms with Crippen LogP contribution in [0.4, 0.5) is 0 Å². The first kappa shape index (κ1) is 23.1. The standard InChI is InChI=1S/C19H36BN3O5/c1-6-7-8-15(20-27-18(2,3)19(4,5)28-20)22-17(25)14(21)13-16(24)23-9-11-26-12-10-23/h14-15H,6-13,21H2,1-5H3,(H,22,25). The summed E-state index contributed by atoms with van der Waals surface area (Å²) in [5, 5.41) is 2.97. The summed E-state index contributed by atoms with van der Waals surface area (Å²) in [5.41, 5.74) is 5.09. The van der Waals surface area contributed by atoms with Crippen LogP contribution in [0, 0.1) is 0 Å². The quantitative estimate of drug-likeness (QED) is 0.589. The van der Waals surface area contributed by atoms with Crippen LogP contribution in [0.3, 0.4) is 0 Å². The highest BCUT2D eigenvalue weighted by atomic mass is 16.7. The maximum atomic E-state index is 12.7. The number of ether oxygens (including phenoxy) is 1. The molecule has 0 aliphatic carbocycles. The van der Waals surface area contributed by atoms with Gasteiger partial charge in [0.1, 0.15) is 0 Å². The Labute approximate surface area is 169 Å². The summed E-state index contributed by atoms with van der Waals surface area (Å²) in [5.74, 6) is -0.776. The first-order valence-corrected chi connectivity index (χ1v) is 10.3. The van der Waals surface area contributed by atoms with Crippen LogP contribution in [0.25, 0.3) is 0 Å². The van der Waals surface area contributed by atoms with Crippen molar-refractivity contribution in [3.63, 3.8) is 0 Å². The van der Waals surface area contributed by atoms with Crippen molar-refractivity contribution in [1.82, 2.24) is 10.2 Å². The number of carbonyl (C=O) groups is 2. The molecule has 0 aromatic rings. The molecule has 2 amide bonds. The van der Waals surface area contributed by atoms with Crippen molar-refractivity contribution in [1.29, 1.82) is 0 Å². The molecule has 2 fully saturated rings. The summed E-state index contributed by atoms with van der Waals surface area (Å²) < 4.78 is 17.5. The molecule has 160 valence electrons. The molecule has 0 aromatic carbocycles.